The van der Waals surface area contributed by atoms with Gasteiger partial charge in [0, 0.05) is 26.1 Å². The number of aryl methyl sites for hydroxylation is 1. The summed E-state index contributed by atoms with van der Waals surface area (Å²) in [7, 11) is -1.90. The van der Waals surface area contributed by atoms with E-state index in [0.717, 1.165) is 24.0 Å². The van der Waals surface area contributed by atoms with Crippen molar-refractivity contribution in [2.45, 2.75) is 56.6 Å². The molecule has 3 aromatic rings. The molecular formula is C29H35N3O6S. The molecular weight excluding hydrogens is 518 g/mol. The summed E-state index contributed by atoms with van der Waals surface area (Å²) in [4.78, 5) is 28.2. The maximum atomic E-state index is 13.4. The van der Waals surface area contributed by atoms with Crippen LogP contribution in [0.1, 0.15) is 43.1 Å². The normalized spacial score (nSPS) is 14.6. The van der Waals surface area contributed by atoms with E-state index in [1.807, 2.05) is 24.3 Å². The highest BCUT2D eigenvalue weighted by Crippen LogP contribution is 2.22. The van der Waals surface area contributed by atoms with Crippen molar-refractivity contribution in [1.29, 1.82) is 0 Å². The van der Waals surface area contributed by atoms with E-state index in [1.54, 1.807) is 61.6 Å². The second kappa shape index (κ2) is 12.9. The van der Waals surface area contributed by atoms with Gasteiger partial charge in [-0.15, -0.1) is 0 Å². The van der Waals surface area contributed by atoms with Crippen LogP contribution >= 0.6 is 0 Å². The summed E-state index contributed by atoms with van der Waals surface area (Å²) in [6.45, 7) is 3.29. The van der Waals surface area contributed by atoms with Gasteiger partial charge in [0.05, 0.1) is 24.8 Å². The first-order valence-electron chi connectivity index (χ1n) is 13.1. The number of sulfonamides is 1. The smallest absolute Gasteiger partial charge is 0.243 e. The van der Waals surface area contributed by atoms with Crippen LogP contribution in [0.5, 0.6) is 5.75 Å². The fourth-order valence-electron chi connectivity index (χ4n) is 4.55. The second-order valence-corrected chi connectivity index (χ2v) is 11.5. The number of ether oxygens (including phenoxy) is 1. The molecule has 10 heteroatoms. The average Bonchev–Trinajstić information content (AvgIpc) is 3.69. The van der Waals surface area contributed by atoms with Gasteiger partial charge in [-0.3, -0.25) is 9.59 Å². The molecule has 208 valence electrons. The highest BCUT2D eigenvalue weighted by Gasteiger charge is 2.28. The topological polar surface area (TPSA) is 109 Å². The second-order valence-electron chi connectivity index (χ2n) is 9.60. The maximum Gasteiger partial charge on any atom is 0.243 e. The molecule has 0 aliphatic carbocycles. The van der Waals surface area contributed by atoms with Crippen LogP contribution in [0.25, 0.3) is 0 Å². The number of carbonyl (C=O) groups excluding carboxylic acids is 2. The molecule has 0 saturated carbocycles. The highest BCUT2D eigenvalue weighted by atomic mass is 32.2. The van der Waals surface area contributed by atoms with Gasteiger partial charge in [0.25, 0.3) is 0 Å². The first-order chi connectivity index (χ1) is 18.8. The van der Waals surface area contributed by atoms with Gasteiger partial charge < -0.3 is 19.4 Å². The number of furan rings is 1. The van der Waals surface area contributed by atoms with Gasteiger partial charge in [-0.25, -0.2) is 8.42 Å². The Morgan fingerprint density at radius 1 is 1.03 bits per heavy atom. The van der Waals surface area contributed by atoms with Crippen molar-refractivity contribution in [2.24, 2.45) is 0 Å². The Bertz CT molecular complexity index is 1330. The van der Waals surface area contributed by atoms with Crippen LogP contribution in [-0.4, -0.2) is 55.7 Å². The Labute approximate surface area is 229 Å². The monoisotopic (exact) mass is 553 g/mol. The lowest BCUT2D eigenvalue weighted by molar-refractivity contribution is -0.140. The fraction of sp³-hybridized carbons (Fsp3) is 0.379. The highest BCUT2D eigenvalue weighted by molar-refractivity contribution is 7.89. The molecule has 1 aliphatic rings. The summed E-state index contributed by atoms with van der Waals surface area (Å²) >= 11 is 0. The van der Waals surface area contributed by atoms with E-state index in [-0.39, 0.29) is 36.2 Å². The Morgan fingerprint density at radius 3 is 2.31 bits per heavy atom. The largest absolute Gasteiger partial charge is 0.497 e. The minimum absolute atomic E-state index is 0.171. The minimum atomic E-state index is -3.48. The lowest BCUT2D eigenvalue weighted by Gasteiger charge is -2.29. The molecule has 2 aromatic carbocycles. The summed E-state index contributed by atoms with van der Waals surface area (Å²) in [5, 5.41) is 2.83. The Morgan fingerprint density at radius 2 is 1.69 bits per heavy atom. The van der Waals surface area contributed by atoms with Gasteiger partial charge in [0.1, 0.15) is 17.6 Å². The standard InChI is InChI=1S/C29H35N3O6S/c1-22(29(34)30-20-26-6-5-19-38-26)32(21-24-7-12-25(37-2)13-8-24)28(33)16-11-23-9-14-27(15-10-23)39(35,36)31-17-3-4-18-31/h5-10,12-15,19,22H,3-4,11,16-18,20-21H2,1-2H3,(H,30,34). The van der Waals surface area contributed by atoms with Crippen LogP contribution in [0.15, 0.2) is 76.2 Å². The molecule has 0 bridgehead atoms. The van der Waals surface area contributed by atoms with Crippen molar-refractivity contribution in [2.75, 3.05) is 20.2 Å². The van der Waals surface area contributed by atoms with Gasteiger partial charge in [-0.2, -0.15) is 4.31 Å². The van der Waals surface area contributed by atoms with Gasteiger partial charge in [0.15, 0.2) is 0 Å². The minimum Gasteiger partial charge on any atom is -0.497 e. The predicted molar refractivity (Wildman–Crippen MR) is 146 cm³/mol. The lowest BCUT2D eigenvalue weighted by Crippen LogP contribution is -2.47. The van der Waals surface area contributed by atoms with Gasteiger partial charge in [-0.05, 0) is 73.7 Å². The molecule has 2 heterocycles. The molecule has 39 heavy (non-hydrogen) atoms. The van der Waals surface area contributed by atoms with Crippen LogP contribution in [0.3, 0.4) is 0 Å². The van der Waals surface area contributed by atoms with E-state index in [0.29, 0.717) is 31.0 Å². The maximum absolute atomic E-state index is 13.4. The third-order valence-electron chi connectivity index (χ3n) is 6.95. The molecule has 1 unspecified atom stereocenters. The number of carbonyl (C=O) groups is 2. The zero-order valence-corrected chi connectivity index (χ0v) is 23.2. The lowest BCUT2D eigenvalue weighted by atomic mass is 10.1. The molecule has 1 aliphatic heterocycles. The summed E-state index contributed by atoms with van der Waals surface area (Å²) in [6, 6.07) is 16.9. The number of benzene rings is 2. The van der Waals surface area contributed by atoms with E-state index < -0.39 is 16.1 Å². The molecule has 1 atom stereocenters. The predicted octanol–water partition coefficient (Wildman–Crippen LogP) is 3.74. The number of nitrogens with zero attached hydrogens (tertiary/aromatic N) is 2. The molecule has 9 nitrogen and oxygen atoms in total. The Kier molecular flexibility index (Phi) is 9.42. The number of rotatable bonds is 12. The number of nitrogens with one attached hydrogen (secondary N) is 1. The van der Waals surface area contributed by atoms with Crippen molar-refractivity contribution in [3.63, 3.8) is 0 Å². The van der Waals surface area contributed by atoms with Crippen molar-refractivity contribution < 1.29 is 27.2 Å². The summed E-state index contributed by atoms with van der Waals surface area (Å²) in [5.41, 5.74) is 1.72. The first kappa shape index (κ1) is 28.4. The van der Waals surface area contributed by atoms with E-state index in [9.17, 15) is 18.0 Å². The van der Waals surface area contributed by atoms with Crippen LogP contribution in [0.4, 0.5) is 0 Å². The molecule has 4 rings (SSSR count). The van der Waals surface area contributed by atoms with E-state index in [2.05, 4.69) is 5.32 Å². The third-order valence-corrected chi connectivity index (χ3v) is 8.86. The van der Waals surface area contributed by atoms with Crippen molar-refractivity contribution in [1.82, 2.24) is 14.5 Å². The summed E-state index contributed by atoms with van der Waals surface area (Å²) in [6.07, 6.45) is 3.89. The molecule has 1 saturated heterocycles. The third kappa shape index (κ3) is 7.27. The molecule has 2 amide bonds. The van der Waals surface area contributed by atoms with Gasteiger partial charge >= 0.3 is 0 Å². The van der Waals surface area contributed by atoms with Crippen LogP contribution in [0.2, 0.25) is 0 Å². The molecule has 1 aromatic heterocycles. The number of methoxy groups -OCH3 is 1. The summed E-state index contributed by atoms with van der Waals surface area (Å²) in [5.74, 6) is 0.861. The fourth-order valence-corrected chi connectivity index (χ4v) is 6.06. The average molecular weight is 554 g/mol. The molecule has 1 fully saturated rings. The Balaban J connectivity index is 1.42. The zero-order valence-electron chi connectivity index (χ0n) is 22.3. The Hall–Kier alpha value is -3.63. The van der Waals surface area contributed by atoms with Crippen molar-refractivity contribution in [3.8, 4) is 5.75 Å². The summed E-state index contributed by atoms with van der Waals surface area (Å²) < 4.78 is 37.6. The van der Waals surface area contributed by atoms with Gasteiger partial charge in [-0.1, -0.05) is 24.3 Å². The molecule has 0 radical (unpaired) electrons. The van der Waals surface area contributed by atoms with E-state index in [4.69, 9.17) is 9.15 Å². The number of hydrogen-bond acceptors (Lipinski definition) is 6. The van der Waals surface area contributed by atoms with Crippen molar-refractivity contribution >= 4 is 21.8 Å². The van der Waals surface area contributed by atoms with Crippen molar-refractivity contribution in [3.05, 3.63) is 83.8 Å². The number of hydrogen-bond donors (Lipinski definition) is 1. The molecule has 0 spiro atoms. The zero-order chi connectivity index (χ0) is 27.8. The number of amides is 2. The molecule has 1 N–H and O–H groups in total. The SMILES string of the molecule is COc1ccc(CN(C(=O)CCc2ccc(S(=O)(=O)N3CCCC3)cc2)C(C)C(=O)NCc2ccco2)cc1. The van der Waals surface area contributed by atoms with Gasteiger partial charge in [0.2, 0.25) is 21.8 Å². The van der Waals surface area contributed by atoms with Crippen LogP contribution in [-0.2, 0) is 39.1 Å². The van der Waals surface area contributed by atoms with E-state index in [1.165, 1.54) is 4.31 Å². The van der Waals surface area contributed by atoms with E-state index >= 15 is 0 Å². The van der Waals surface area contributed by atoms with Crippen LogP contribution < -0.4 is 10.1 Å². The first-order valence-corrected chi connectivity index (χ1v) is 14.5. The van der Waals surface area contributed by atoms with Crippen LogP contribution in [0, 0.1) is 0 Å². The quantitative estimate of drug-likeness (QED) is 0.366.